The molecule has 2 heterocycles. The van der Waals surface area contributed by atoms with Crippen LogP contribution in [0.2, 0.25) is 5.02 Å². The Morgan fingerprint density at radius 1 is 1.28 bits per heavy atom. The summed E-state index contributed by atoms with van der Waals surface area (Å²) in [6.07, 6.45) is 2.69. The molecule has 0 unspecified atom stereocenters. The van der Waals surface area contributed by atoms with Crippen LogP contribution in [0.15, 0.2) is 34.3 Å². The van der Waals surface area contributed by atoms with Crippen molar-refractivity contribution >= 4 is 44.2 Å². The third kappa shape index (κ3) is 4.01. The van der Waals surface area contributed by atoms with Gasteiger partial charge in [0.2, 0.25) is 10.0 Å². The predicted molar refractivity (Wildman–Crippen MR) is 96.4 cm³/mol. The number of ether oxygens (including phenoxy) is 1. The molecule has 25 heavy (non-hydrogen) atoms. The number of guanidine groups is 1. The van der Waals surface area contributed by atoms with Crippen LogP contribution in [-0.2, 0) is 14.8 Å². The molecule has 3 rings (SSSR count). The largest absolute Gasteiger partial charge is 0.381 e. The van der Waals surface area contributed by atoms with Crippen LogP contribution < -0.4 is 16.2 Å². The lowest BCUT2D eigenvalue weighted by atomic mass is 10.1. The first-order valence-corrected chi connectivity index (χ1v) is 9.51. The van der Waals surface area contributed by atoms with Gasteiger partial charge >= 0.3 is 0 Å². The Hall–Kier alpha value is -1.94. The van der Waals surface area contributed by atoms with Gasteiger partial charge in [-0.3, -0.25) is 0 Å². The third-order valence-corrected chi connectivity index (χ3v) is 5.70. The summed E-state index contributed by atoms with van der Waals surface area (Å²) in [5.74, 6) is 0.0345. The minimum atomic E-state index is -3.70. The van der Waals surface area contributed by atoms with Gasteiger partial charge in [-0.1, -0.05) is 17.7 Å². The van der Waals surface area contributed by atoms with Gasteiger partial charge < -0.3 is 16.2 Å². The summed E-state index contributed by atoms with van der Waals surface area (Å²) >= 11 is 6.14. The number of benzene rings is 1. The fourth-order valence-electron chi connectivity index (χ4n) is 2.65. The van der Waals surface area contributed by atoms with Gasteiger partial charge in [0.25, 0.3) is 0 Å². The zero-order valence-corrected chi connectivity index (χ0v) is 14.8. The summed E-state index contributed by atoms with van der Waals surface area (Å²) in [6, 6.07) is 4.43. The van der Waals surface area contributed by atoms with Crippen molar-refractivity contribution in [3.63, 3.8) is 0 Å². The first-order valence-electron chi connectivity index (χ1n) is 7.65. The van der Waals surface area contributed by atoms with Gasteiger partial charge in [0.15, 0.2) is 11.8 Å². The number of rotatable bonds is 4. The molecule has 0 bridgehead atoms. The number of pyridine rings is 1. The SMILES string of the molecule is NC(N)=Nc1ncc(Cl)c2ccc(S(=O)(=O)NC3CCOCC3)cc12. The molecule has 0 radical (unpaired) electrons. The molecule has 10 heteroatoms. The normalized spacial score (nSPS) is 16.0. The summed E-state index contributed by atoms with van der Waals surface area (Å²) in [7, 11) is -3.70. The van der Waals surface area contributed by atoms with Crippen molar-refractivity contribution in [2.75, 3.05) is 13.2 Å². The highest BCUT2D eigenvalue weighted by atomic mass is 35.5. The quantitative estimate of drug-likeness (QED) is 0.537. The first kappa shape index (κ1) is 17.9. The van der Waals surface area contributed by atoms with Crippen molar-refractivity contribution in [2.24, 2.45) is 16.5 Å². The van der Waals surface area contributed by atoms with Crippen LogP contribution in [0.5, 0.6) is 0 Å². The number of fused-ring (bicyclic) bond motifs is 1. The standard InChI is InChI=1S/C15H18ClN5O3S/c16-13-8-19-14(20-15(17)18)12-7-10(1-2-11(12)13)25(22,23)21-9-3-5-24-6-4-9/h1-2,7-9,21H,3-6H2,(H4,17,18,19,20). The molecule has 1 aromatic heterocycles. The molecular weight excluding hydrogens is 366 g/mol. The number of sulfonamides is 1. The van der Waals surface area contributed by atoms with Crippen molar-refractivity contribution in [3.05, 3.63) is 29.4 Å². The molecule has 0 spiro atoms. The lowest BCUT2D eigenvalue weighted by molar-refractivity contribution is 0.0832. The van der Waals surface area contributed by atoms with Crippen molar-refractivity contribution in [1.29, 1.82) is 0 Å². The summed E-state index contributed by atoms with van der Waals surface area (Å²) in [6.45, 7) is 1.08. The van der Waals surface area contributed by atoms with Crippen LogP contribution in [0.1, 0.15) is 12.8 Å². The molecule has 1 fully saturated rings. The molecule has 5 N–H and O–H groups in total. The van der Waals surface area contributed by atoms with E-state index in [4.69, 9.17) is 27.8 Å². The maximum Gasteiger partial charge on any atom is 0.240 e. The van der Waals surface area contributed by atoms with E-state index in [1.165, 1.54) is 18.3 Å². The smallest absolute Gasteiger partial charge is 0.240 e. The number of nitrogens with zero attached hydrogens (tertiary/aromatic N) is 2. The highest BCUT2D eigenvalue weighted by Gasteiger charge is 2.23. The Morgan fingerprint density at radius 2 is 2.00 bits per heavy atom. The van der Waals surface area contributed by atoms with E-state index in [0.717, 1.165) is 0 Å². The first-order chi connectivity index (χ1) is 11.9. The van der Waals surface area contributed by atoms with Crippen molar-refractivity contribution in [2.45, 2.75) is 23.8 Å². The van der Waals surface area contributed by atoms with Crippen LogP contribution in [0.25, 0.3) is 10.8 Å². The van der Waals surface area contributed by atoms with E-state index in [-0.39, 0.29) is 22.7 Å². The highest BCUT2D eigenvalue weighted by Crippen LogP contribution is 2.31. The molecular formula is C15H18ClN5O3S. The fraction of sp³-hybridized carbons (Fsp3) is 0.333. The predicted octanol–water partition coefficient (Wildman–Crippen LogP) is 1.25. The zero-order chi connectivity index (χ0) is 18.0. The minimum absolute atomic E-state index is 0.0996. The van der Waals surface area contributed by atoms with Gasteiger partial charge in [0, 0.05) is 36.2 Å². The average Bonchev–Trinajstić information content (AvgIpc) is 2.57. The van der Waals surface area contributed by atoms with Crippen LogP contribution in [0.4, 0.5) is 5.82 Å². The van der Waals surface area contributed by atoms with E-state index in [1.807, 2.05) is 0 Å². The van der Waals surface area contributed by atoms with Crippen molar-refractivity contribution < 1.29 is 13.2 Å². The van der Waals surface area contributed by atoms with Gasteiger partial charge in [-0.15, -0.1) is 0 Å². The van der Waals surface area contributed by atoms with Gasteiger partial charge in [-0.25, -0.2) is 18.1 Å². The molecule has 0 atom stereocenters. The van der Waals surface area contributed by atoms with Gasteiger partial charge in [0.1, 0.15) is 0 Å². The molecule has 0 saturated carbocycles. The second-order valence-corrected chi connectivity index (χ2v) is 7.80. The molecule has 0 amide bonds. The Labute approximate surface area is 150 Å². The molecule has 1 saturated heterocycles. The van der Waals surface area contributed by atoms with Crippen molar-refractivity contribution in [1.82, 2.24) is 9.71 Å². The third-order valence-electron chi connectivity index (χ3n) is 3.88. The Bertz CT molecular complexity index is 922. The van der Waals surface area contributed by atoms with Crippen LogP contribution >= 0.6 is 11.6 Å². The molecule has 1 aliphatic rings. The van der Waals surface area contributed by atoms with Crippen molar-refractivity contribution in [3.8, 4) is 0 Å². The minimum Gasteiger partial charge on any atom is -0.381 e. The van der Waals surface area contributed by atoms with Crippen LogP contribution in [-0.4, -0.2) is 38.6 Å². The van der Waals surface area contributed by atoms with E-state index >= 15 is 0 Å². The van der Waals surface area contributed by atoms with E-state index < -0.39 is 10.0 Å². The maximum atomic E-state index is 12.7. The second kappa shape index (κ2) is 7.12. The molecule has 1 aliphatic heterocycles. The number of hydrogen-bond acceptors (Lipinski definition) is 5. The lowest BCUT2D eigenvalue weighted by Crippen LogP contribution is -2.38. The number of halogens is 1. The van der Waals surface area contributed by atoms with Gasteiger partial charge in [-0.05, 0) is 25.0 Å². The summed E-state index contributed by atoms with van der Waals surface area (Å²) in [5, 5.41) is 1.45. The molecule has 134 valence electrons. The number of nitrogens with one attached hydrogen (secondary N) is 1. The average molecular weight is 384 g/mol. The lowest BCUT2D eigenvalue weighted by Gasteiger charge is -2.23. The van der Waals surface area contributed by atoms with Crippen LogP contribution in [0.3, 0.4) is 0 Å². The summed E-state index contributed by atoms with van der Waals surface area (Å²) in [4.78, 5) is 8.11. The molecule has 8 nitrogen and oxygen atoms in total. The Balaban J connectivity index is 2.03. The fourth-order valence-corrected chi connectivity index (χ4v) is 4.20. The monoisotopic (exact) mass is 383 g/mol. The van der Waals surface area contributed by atoms with E-state index in [9.17, 15) is 8.42 Å². The molecule has 2 aromatic rings. The zero-order valence-electron chi connectivity index (χ0n) is 13.3. The number of hydrogen-bond donors (Lipinski definition) is 3. The highest BCUT2D eigenvalue weighted by molar-refractivity contribution is 7.89. The summed E-state index contributed by atoms with van der Waals surface area (Å²) in [5.41, 5.74) is 10.8. The summed E-state index contributed by atoms with van der Waals surface area (Å²) < 4.78 is 33.3. The number of aliphatic imine (C=N–C) groups is 1. The Morgan fingerprint density at radius 3 is 2.68 bits per heavy atom. The molecule has 1 aromatic carbocycles. The van der Waals surface area contributed by atoms with Gasteiger partial charge in [0.05, 0.1) is 9.92 Å². The van der Waals surface area contributed by atoms with E-state index in [2.05, 4.69) is 14.7 Å². The van der Waals surface area contributed by atoms with Crippen LogP contribution in [0, 0.1) is 0 Å². The topological polar surface area (TPSA) is 133 Å². The second-order valence-electron chi connectivity index (χ2n) is 5.68. The molecule has 0 aliphatic carbocycles. The number of nitrogens with two attached hydrogens (primary N) is 2. The van der Waals surface area contributed by atoms with E-state index in [0.29, 0.717) is 41.9 Å². The van der Waals surface area contributed by atoms with Gasteiger partial charge in [-0.2, -0.15) is 4.99 Å². The number of aromatic nitrogens is 1. The van der Waals surface area contributed by atoms with E-state index in [1.54, 1.807) is 6.07 Å². The maximum absolute atomic E-state index is 12.7. The Kier molecular flexibility index (Phi) is 5.09.